The third-order valence-electron chi connectivity index (χ3n) is 5.88. The minimum atomic E-state index is -0.603. The number of hydrogen-bond acceptors (Lipinski definition) is 4. The third-order valence-corrected chi connectivity index (χ3v) is 5.88. The first-order valence-electron chi connectivity index (χ1n) is 9.85. The summed E-state index contributed by atoms with van der Waals surface area (Å²) in [4.78, 5) is 24.5. The van der Waals surface area contributed by atoms with Crippen LogP contribution in [-0.4, -0.2) is 42.7 Å². The van der Waals surface area contributed by atoms with Crippen LogP contribution in [0, 0.1) is 20.8 Å². The van der Waals surface area contributed by atoms with Crippen molar-refractivity contribution in [2.24, 2.45) is 0 Å². The lowest BCUT2D eigenvalue weighted by atomic mass is 10.1. The number of aromatic nitrogens is 4. The Kier molecular flexibility index (Phi) is 4.93. The summed E-state index contributed by atoms with van der Waals surface area (Å²) in [5.74, 6) is 1.64. The van der Waals surface area contributed by atoms with Crippen LogP contribution in [0.25, 0.3) is 11.0 Å². The predicted octanol–water partition coefficient (Wildman–Crippen LogP) is 2.50. The number of H-pyrrole nitrogens is 1. The van der Waals surface area contributed by atoms with E-state index in [9.17, 15) is 9.90 Å². The van der Waals surface area contributed by atoms with Crippen LogP contribution >= 0.6 is 0 Å². The number of carbonyl (C=O) groups excluding carboxylic acids is 1. The molecule has 1 saturated carbocycles. The average Bonchev–Trinajstić information content (AvgIpc) is 3.34. The number of amides is 1. The molecular weight excluding hydrogens is 354 g/mol. The molecule has 1 amide bonds. The van der Waals surface area contributed by atoms with Gasteiger partial charge in [0.1, 0.15) is 11.6 Å². The molecule has 4 rings (SSSR count). The van der Waals surface area contributed by atoms with Crippen molar-refractivity contribution in [3.05, 3.63) is 47.3 Å². The smallest absolute Gasteiger partial charge is 0.220 e. The molecule has 1 aliphatic carbocycles. The minimum absolute atomic E-state index is 0.0327. The Labute approximate surface area is 164 Å². The lowest BCUT2D eigenvalue weighted by Gasteiger charge is -2.22. The highest BCUT2D eigenvalue weighted by Crippen LogP contribution is 2.31. The molecule has 2 aromatic heterocycles. The van der Waals surface area contributed by atoms with Gasteiger partial charge in [-0.25, -0.2) is 9.97 Å². The van der Waals surface area contributed by atoms with Crippen LogP contribution in [0.1, 0.15) is 48.1 Å². The first-order valence-corrected chi connectivity index (χ1v) is 9.85. The van der Waals surface area contributed by atoms with Gasteiger partial charge in [-0.2, -0.15) is 0 Å². The summed E-state index contributed by atoms with van der Waals surface area (Å²) in [6, 6.07) is 3.90. The van der Waals surface area contributed by atoms with Gasteiger partial charge in [0.2, 0.25) is 5.91 Å². The highest BCUT2D eigenvalue weighted by molar-refractivity contribution is 5.78. The highest BCUT2D eigenvalue weighted by Gasteiger charge is 2.37. The second-order valence-electron chi connectivity index (χ2n) is 7.83. The van der Waals surface area contributed by atoms with Crippen LogP contribution in [-0.2, 0) is 11.2 Å². The molecule has 0 bridgehead atoms. The Bertz CT molecular complexity index is 967. The fraction of sp³-hybridized carbons (Fsp3) is 0.476. The number of hydrogen-bond donors (Lipinski definition) is 3. The molecule has 0 spiro atoms. The third kappa shape index (κ3) is 3.54. The molecule has 3 atom stereocenters. The molecule has 1 aliphatic rings. The monoisotopic (exact) mass is 381 g/mol. The Morgan fingerprint density at radius 1 is 1.29 bits per heavy atom. The topological polar surface area (TPSA) is 95.8 Å². The van der Waals surface area contributed by atoms with Crippen molar-refractivity contribution in [3.8, 4) is 0 Å². The summed E-state index contributed by atoms with van der Waals surface area (Å²) in [6.45, 7) is 6.07. The molecule has 2 heterocycles. The van der Waals surface area contributed by atoms with E-state index < -0.39 is 6.10 Å². The minimum Gasteiger partial charge on any atom is -0.389 e. The van der Waals surface area contributed by atoms with Crippen LogP contribution in [0.15, 0.2) is 24.5 Å². The molecule has 0 radical (unpaired) electrons. The maximum Gasteiger partial charge on any atom is 0.220 e. The lowest BCUT2D eigenvalue weighted by Crippen LogP contribution is -2.42. The van der Waals surface area contributed by atoms with Gasteiger partial charge in [0, 0.05) is 25.2 Å². The van der Waals surface area contributed by atoms with Gasteiger partial charge in [-0.3, -0.25) is 4.79 Å². The standard InChI is InChI=1S/C21H27N5O2/c1-12-10-16-17(11-13(12)2)24-19(23-16)6-7-20(27)25-15-4-5-18(21(15)28)26-9-8-22-14(26)3/h8-11,15,18,21,28H,4-7H2,1-3H3,(H,23,24)(H,25,27)/t15-,18-,21-/m1/s1. The SMILES string of the molecule is Cc1cc2nc(CCC(=O)N[C@@H]3CC[C@@H](n4ccnc4C)[C@@H]3O)[nH]c2cc1C. The lowest BCUT2D eigenvalue weighted by molar-refractivity contribution is -0.122. The van der Waals surface area contributed by atoms with Crippen LogP contribution in [0.3, 0.4) is 0 Å². The first kappa shape index (κ1) is 18.7. The van der Waals surface area contributed by atoms with Crippen molar-refractivity contribution in [2.75, 3.05) is 0 Å². The molecular formula is C21H27N5O2. The van der Waals surface area contributed by atoms with Crippen molar-refractivity contribution < 1.29 is 9.90 Å². The number of fused-ring (bicyclic) bond motifs is 1. The zero-order valence-electron chi connectivity index (χ0n) is 16.6. The number of benzene rings is 1. The van der Waals surface area contributed by atoms with Crippen molar-refractivity contribution in [1.29, 1.82) is 0 Å². The molecule has 7 nitrogen and oxygen atoms in total. The van der Waals surface area contributed by atoms with E-state index in [4.69, 9.17) is 0 Å². The average molecular weight is 381 g/mol. The molecule has 0 saturated heterocycles. The summed E-state index contributed by atoms with van der Waals surface area (Å²) in [6.07, 6.45) is 5.50. The van der Waals surface area contributed by atoms with Crippen LogP contribution in [0.4, 0.5) is 0 Å². The number of carbonyl (C=O) groups is 1. The Morgan fingerprint density at radius 2 is 2.07 bits per heavy atom. The van der Waals surface area contributed by atoms with E-state index in [1.54, 1.807) is 6.20 Å². The van der Waals surface area contributed by atoms with E-state index in [2.05, 4.69) is 46.2 Å². The molecule has 7 heteroatoms. The molecule has 0 aliphatic heterocycles. The van der Waals surface area contributed by atoms with Crippen LogP contribution < -0.4 is 5.32 Å². The van der Waals surface area contributed by atoms with E-state index in [0.29, 0.717) is 12.8 Å². The van der Waals surface area contributed by atoms with E-state index in [1.807, 2.05) is 17.7 Å². The largest absolute Gasteiger partial charge is 0.389 e. The van der Waals surface area contributed by atoms with Gasteiger partial charge in [0.25, 0.3) is 0 Å². The summed E-state index contributed by atoms with van der Waals surface area (Å²) in [7, 11) is 0. The fourth-order valence-corrected chi connectivity index (χ4v) is 4.11. The molecule has 28 heavy (non-hydrogen) atoms. The van der Waals surface area contributed by atoms with E-state index in [1.165, 1.54) is 11.1 Å². The number of rotatable bonds is 5. The number of imidazole rings is 2. The van der Waals surface area contributed by atoms with Crippen molar-refractivity contribution in [3.63, 3.8) is 0 Å². The number of aliphatic hydroxyl groups is 1. The second-order valence-corrected chi connectivity index (χ2v) is 7.83. The summed E-state index contributed by atoms with van der Waals surface area (Å²) >= 11 is 0. The maximum atomic E-state index is 12.4. The first-order chi connectivity index (χ1) is 13.4. The molecule has 1 aromatic carbocycles. The van der Waals surface area contributed by atoms with Crippen LogP contribution in [0.5, 0.6) is 0 Å². The number of nitrogens with zero attached hydrogens (tertiary/aromatic N) is 3. The summed E-state index contributed by atoms with van der Waals surface area (Å²) in [5, 5.41) is 13.6. The van der Waals surface area contributed by atoms with Gasteiger partial charge >= 0.3 is 0 Å². The van der Waals surface area contributed by atoms with Gasteiger partial charge in [0.05, 0.1) is 29.2 Å². The maximum absolute atomic E-state index is 12.4. The Hall–Kier alpha value is -2.67. The second kappa shape index (κ2) is 7.39. The van der Waals surface area contributed by atoms with Crippen LogP contribution in [0.2, 0.25) is 0 Å². The van der Waals surface area contributed by atoms with Gasteiger partial charge < -0.3 is 20.0 Å². The summed E-state index contributed by atoms with van der Waals surface area (Å²) < 4.78 is 2.00. The Balaban J connectivity index is 1.34. The molecule has 148 valence electrons. The molecule has 1 fully saturated rings. The number of nitrogens with one attached hydrogen (secondary N) is 2. The highest BCUT2D eigenvalue weighted by atomic mass is 16.3. The molecule has 0 unspecified atom stereocenters. The molecule has 3 aromatic rings. The predicted molar refractivity (Wildman–Crippen MR) is 107 cm³/mol. The van der Waals surface area contributed by atoms with E-state index in [0.717, 1.165) is 35.5 Å². The van der Waals surface area contributed by atoms with Crippen molar-refractivity contribution in [1.82, 2.24) is 24.8 Å². The van der Waals surface area contributed by atoms with Gasteiger partial charge in [-0.1, -0.05) is 0 Å². The van der Waals surface area contributed by atoms with Gasteiger partial charge in [-0.05, 0) is 56.9 Å². The number of aryl methyl sites for hydroxylation is 4. The van der Waals surface area contributed by atoms with Gasteiger partial charge in [0.15, 0.2) is 0 Å². The van der Waals surface area contributed by atoms with Gasteiger partial charge in [-0.15, -0.1) is 0 Å². The molecule has 3 N–H and O–H groups in total. The quantitative estimate of drug-likeness (QED) is 0.633. The number of aromatic amines is 1. The summed E-state index contributed by atoms with van der Waals surface area (Å²) in [5.41, 5.74) is 4.37. The fourth-order valence-electron chi connectivity index (χ4n) is 4.11. The van der Waals surface area contributed by atoms with E-state index in [-0.39, 0.29) is 18.0 Å². The Morgan fingerprint density at radius 3 is 2.82 bits per heavy atom. The zero-order valence-corrected chi connectivity index (χ0v) is 16.6. The van der Waals surface area contributed by atoms with Crippen molar-refractivity contribution >= 4 is 16.9 Å². The zero-order chi connectivity index (χ0) is 19.8. The van der Waals surface area contributed by atoms with E-state index >= 15 is 0 Å². The number of aliphatic hydroxyl groups excluding tert-OH is 1. The van der Waals surface area contributed by atoms with Crippen molar-refractivity contribution in [2.45, 2.75) is 64.6 Å². The normalized spacial score (nSPS) is 22.1.